The van der Waals surface area contributed by atoms with Crippen LogP contribution >= 0.6 is 0 Å². The molecule has 7 heteroatoms. The van der Waals surface area contributed by atoms with Crippen molar-refractivity contribution in [1.29, 1.82) is 0 Å². The van der Waals surface area contributed by atoms with Gasteiger partial charge in [0.2, 0.25) is 0 Å². The maximum absolute atomic E-state index is 11.8. The Labute approximate surface area is 112 Å². The van der Waals surface area contributed by atoms with Crippen molar-refractivity contribution in [2.24, 2.45) is 5.73 Å². The van der Waals surface area contributed by atoms with E-state index in [1.807, 2.05) is 0 Å². The summed E-state index contributed by atoms with van der Waals surface area (Å²) in [5, 5.41) is 8.83. The Bertz CT molecular complexity index is 527. The van der Waals surface area contributed by atoms with Crippen LogP contribution in [-0.2, 0) is 20.3 Å². The molecular formula is C12H17NO5S. The van der Waals surface area contributed by atoms with Crippen molar-refractivity contribution < 1.29 is 23.1 Å². The second kappa shape index (κ2) is 7.22. The SMILES string of the molecule is NCCOCCS(=O)(=O)Cc1cccc(C(=O)O)c1. The first-order chi connectivity index (χ1) is 8.94. The number of hydrogen-bond donors (Lipinski definition) is 2. The van der Waals surface area contributed by atoms with Crippen LogP contribution in [0.3, 0.4) is 0 Å². The normalized spacial score (nSPS) is 11.4. The Kier molecular flexibility index (Phi) is 5.94. The highest BCUT2D eigenvalue weighted by molar-refractivity contribution is 7.90. The van der Waals surface area contributed by atoms with Crippen LogP contribution in [0.4, 0.5) is 0 Å². The number of carboxylic acids is 1. The maximum Gasteiger partial charge on any atom is 0.335 e. The Morgan fingerprint density at radius 1 is 1.32 bits per heavy atom. The van der Waals surface area contributed by atoms with Gasteiger partial charge in [0.25, 0.3) is 0 Å². The van der Waals surface area contributed by atoms with Crippen LogP contribution in [0.1, 0.15) is 15.9 Å². The summed E-state index contributed by atoms with van der Waals surface area (Å²) in [6.07, 6.45) is 0. The molecule has 0 aliphatic carbocycles. The van der Waals surface area contributed by atoms with Crippen LogP contribution in [0.15, 0.2) is 24.3 Å². The molecule has 1 aromatic rings. The quantitative estimate of drug-likeness (QED) is 0.665. The molecule has 0 aliphatic rings. The molecule has 0 saturated carbocycles. The third kappa shape index (κ3) is 5.82. The number of benzene rings is 1. The molecule has 0 radical (unpaired) electrons. The van der Waals surface area contributed by atoms with Gasteiger partial charge in [0, 0.05) is 6.54 Å². The molecule has 0 saturated heterocycles. The molecule has 0 heterocycles. The highest BCUT2D eigenvalue weighted by atomic mass is 32.2. The first-order valence-corrected chi connectivity index (χ1v) is 7.57. The fraction of sp³-hybridized carbons (Fsp3) is 0.417. The summed E-state index contributed by atoms with van der Waals surface area (Å²) < 4.78 is 28.6. The van der Waals surface area contributed by atoms with Gasteiger partial charge >= 0.3 is 5.97 Å². The Hall–Kier alpha value is -1.44. The number of nitrogens with two attached hydrogens (primary N) is 1. The van der Waals surface area contributed by atoms with E-state index in [1.165, 1.54) is 18.2 Å². The number of hydrogen-bond acceptors (Lipinski definition) is 5. The van der Waals surface area contributed by atoms with Gasteiger partial charge in [0.05, 0.1) is 30.3 Å². The minimum Gasteiger partial charge on any atom is -0.478 e. The van der Waals surface area contributed by atoms with Gasteiger partial charge in [0.15, 0.2) is 9.84 Å². The second-order valence-electron chi connectivity index (χ2n) is 4.00. The highest BCUT2D eigenvalue weighted by Gasteiger charge is 2.13. The van der Waals surface area contributed by atoms with Crippen LogP contribution in [-0.4, -0.2) is 45.0 Å². The number of carboxylic acid groups (broad SMARTS) is 1. The first kappa shape index (κ1) is 15.6. The Balaban J connectivity index is 2.62. The van der Waals surface area contributed by atoms with Crippen molar-refractivity contribution in [3.8, 4) is 0 Å². The van der Waals surface area contributed by atoms with Crippen LogP contribution in [0, 0.1) is 0 Å². The van der Waals surface area contributed by atoms with Gasteiger partial charge in [-0.15, -0.1) is 0 Å². The van der Waals surface area contributed by atoms with E-state index in [1.54, 1.807) is 6.07 Å². The molecule has 1 rings (SSSR count). The van der Waals surface area contributed by atoms with Crippen molar-refractivity contribution in [2.45, 2.75) is 5.75 Å². The van der Waals surface area contributed by atoms with E-state index in [-0.39, 0.29) is 23.7 Å². The predicted octanol–water partition coefficient (Wildman–Crippen LogP) is 0.275. The monoisotopic (exact) mass is 287 g/mol. The third-order valence-electron chi connectivity index (χ3n) is 2.36. The molecule has 0 fully saturated rings. The van der Waals surface area contributed by atoms with Crippen LogP contribution in [0.2, 0.25) is 0 Å². The lowest BCUT2D eigenvalue weighted by Crippen LogP contribution is -2.17. The first-order valence-electron chi connectivity index (χ1n) is 5.75. The minimum absolute atomic E-state index is 0.0760. The Morgan fingerprint density at radius 2 is 2.05 bits per heavy atom. The largest absolute Gasteiger partial charge is 0.478 e. The van der Waals surface area contributed by atoms with Crippen molar-refractivity contribution in [2.75, 3.05) is 25.5 Å². The topological polar surface area (TPSA) is 107 Å². The fourth-order valence-corrected chi connectivity index (χ4v) is 2.70. The molecule has 6 nitrogen and oxygen atoms in total. The molecular weight excluding hydrogens is 270 g/mol. The summed E-state index contributed by atoms with van der Waals surface area (Å²) in [6.45, 7) is 0.767. The number of sulfone groups is 1. The smallest absolute Gasteiger partial charge is 0.335 e. The van der Waals surface area contributed by atoms with Gasteiger partial charge in [0.1, 0.15) is 0 Å². The lowest BCUT2D eigenvalue weighted by atomic mass is 10.1. The zero-order valence-electron chi connectivity index (χ0n) is 10.4. The van der Waals surface area contributed by atoms with Gasteiger partial charge in [-0.1, -0.05) is 12.1 Å². The van der Waals surface area contributed by atoms with Gasteiger partial charge in [-0.3, -0.25) is 0 Å². The zero-order valence-corrected chi connectivity index (χ0v) is 11.2. The molecule has 1 aromatic carbocycles. The van der Waals surface area contributed by atoms with E-state index in [0.29, 0.717) is 18.7 Å². The van der Waals surface area contributed by atoms with E-state index in [0.717, 1.165) is 0 Å². The fourth-order valence-electron chi connectivity index (χ4n) is 1.49. The second-order valence-corrected chi connectivity index (χ2v) is 6.18. The van der Waals surface area contributed by atoms with Gasteiger partial charge in [-0.2, -0.15) is 0 Å². The average Bonchev–Trinajstić information content (AvgIpc) is 2.34. The number of aromatic carboxylic acids is 1. The summed E-state index contributed by atoms with van der Waals surface area (Å²) in [5.74, 6) is -1.38. The van der Waals surface area contributed by atoms with E-state index in [9.17, 15) is 13.2 Å². The zero-order chi connectivity index (χ0) is 14.3. The molecule has 106 valence electrons. The average molecular weight is 287 g/mol. The number of rotatable bonds is 8. The standard InChI is InChI=1S/C12H17NO5S/c13-4-5-18-6-7-19(16,17)9-10-2-1-3-11(8-10)12(14)15/h1-3,8H,4-7,9,13H2,(H,14,15). The summed E-state index contributed by atoms with van der Waals surface area (Å²) in [6, 6.07) is 5.90. The molecule has 3 N–H and O–H groups in total. The van der Waals surface area contributed by atoms with Gasteiger partial charge in [-0.25, -0.2) is 13.2 Å². The molecule has 0 atom stereocenters. The summed E-state index contributed by atoms with van der Waals surface area (Å²) >= 11 is 0. The third-order valence-corrected chi connectivity index (χ3v) is 3.92. The van der Waals surface area contributed by atoms with E-state index in [4.69, 9.17) is 15.6 Å². The van der Waals surface area contributed by atoms with Crippen molar-refractivity contribution in [3.05, 3.63) is 35.4 Å². The van der Waals surface area contributed by atoms with Gasteiger partial charge < -0.3 is 15.6 Å². The molecule has 0 amide bonds. The lowest BCUT2D eigenvalue weighted by Gasteiger charge is -2.06. The van der Waals surface area contributed by atoms with E-state index < -0.39 is 15.8 Å². The molecule has 0 aromatic heterocycles. The summed E-state index contributed by atoms with van der Waals surface area (Å²) in [4.78, 5) is 10.8. The lowest BCUT2D eigenvalue weighted by molar-refractivity contribution is 0.0696. The molecule has 0 spiro atoms. The van der Waals surface area contributed by atoms with Crippen molar-refractivity contribution >= 4 is 15.8 Å². The van der Waals surface area contributed by atoms with E-state index in [2.05, 4.69) is 0 Å². The van der Waals surface area contributed by atoms with E-state index >= 15 is 0 Å². The van der Waals surface area contributed by atoms with Crippen LogP contribution in [0.25, 0.3) is 0 Å². The number of carbonyl (C=O) groups is 1. The number of ether oxygens (including phenoxy) is 1. The molecule has 19 heavy (non-hydrogen) atoms. The predicted molar refractivity (Wildman–Crippen MR) is 70.8 cm³/mol. The highest BCUT2D eigenvalue weighted by Crippen LogP contribution is 2.10. The molecule has 0 bridgehead atoms. The van der Waals surface area contributed by atoms with Crippen LogP contribution < -0.4 is 5.73 Å². The molecule has 0 aliphatic heterocycles. The summed E-state index contributed by atoms with van der Waals surface area (Å²) in [7, 11) is -3.32. The van der Waals surface area contributed by atoms with Crippen molar-refractivity contribution in [1.82, 2.24) is 0 Å². The van der Waals surface area contributed by atoms with Gasteiger partial charge in [-0.05, 0) is 17.7 Å². The summed E-state index contributed by atoms with van der Waals surface area (Å²) in [5.41, 5.74) is 5.75. The minimum atomic E-state index is -3.32. The molecule has 0 unspecified atom stereocenters. The van der Waals surface area contributed by atoms with Crippen LogP contribution in [0.5, 0.6) is 0 Å². The Morgan fingerprint density at radius 3 is 2.68 bits per heavy atom. The maximum atomic E-state index is 11.8. The van der Waals surface area contributed by atoms with Crippen molar-refractivity contribution in [3.63, 3.8) is 0 Å².